The molecule has 1 nitrogen and oxygen atoms in total. The minimum Gasteiger partial charge on any atom is -0.330 e. The molecular formula is C13H18BrNS. The molecule has 1 aliphatic carbocycles. The molecule has 1 aromatic carbocycles. The standard InChI is InChI=1S/C13H18BrNS/c1-16-11-6-4-5-10(14)12(11)13(9-15)7-2-3-8-13/h4-6H,2-3,7-9,15H2,1H3. The van der Waals surface area contributed by atoms with Gasteiger partial charge in [0.2, 0.25) is 0 Å². The van der Waals surface area contributed by atoms with Crippen molar-refractivity contribution in [2.45, 2.75) is 36.0 Å². The third kappa shape index (κ3) is 2.05. The second-order valence-corrected chi connectivity index (χ2v) is 6.21. The summed E-state index contributed by atoms with van der Waals surface area (Å²) in [4.78, 5) is 1.38. The van der Waals surface area contributed by atoms with Gasteiger partial charge in [-0.1, -0.05) is 34.8 Å². The predicted octanol–water partition coefficient (Wildman–Crippen LogP) is 3.94. The first-order valence-electron chi connectivity index (χ1n) is 5.76. The maximum Gasteiger partial charge on any atom is 0.0224 e. The highest BCUT2D eigenvalue weighted by Gasteiger charge is 2.37. The molecule has 1 fully saturated rings. The highest BCUT2D eigenvalue weighted by molar-refractivity contribution is 9.10. The van der Waals surface area contributed by atoms with Gasteiger partial charge in [0, 0.05) is 21.3 Å². The molecule has 0 heterocycles. The zero-order valence-corrected chi connectivity index (χ0v) is 12.0. The van der Waals surface area contributed by atoms with Gasteiger partial charge in [0.1, 0.15) is 0 Å². The van der Waals surface area contributed by atoms with E-state index in [0.29, 0.717) is 0 Å². The zero-order valence-electron chi connectivity index (χ0n) is 9.63. The van der Waals surface area contributed by atoms with Crippen molar-refractivity contribution < 1.29 is 0 Å². The number of benzene rings is 1. The molecule has 0 amide bonds. The van der Waals surface area contributed by atoms with Crippen molar-refractivity contribution in [2.24, 2.45) is 5.73 Å². The van der Waals surface area contributed by atoms with E-state index < -0.39 is 0 Å². The van der Waals surface area contributed by atoms with Gasteiger partial charge in [0.15, 0.2) is 0 Å². The maximum absolute atomic E-state index is 6.06. The molecule has 0 unspecified atom stereocenters. The van der Waals surface area contributed by atoms with Crippen LogP contribution in [0.15, 0.2) is 27.6 Å². The lowest BCUT2D eigenvalue weighted by Gasteiger charge is -2.31. The monoisotopic (exact) mass is 299 g/mol. The van der Waals surface area contributed by atoms with Gasteiger partial charge in [0.25, 0.3) is 0 Å². The second-order valence-electron chi connectivity index (χ2n) is 4.51. The Balaban J connectivity index is 2.52. The maximum atomic E-state index is 6.06. The number of nitrogens with two attached hydrogens (primary N) is 1. The van der Waals surface area contributed by atoms with Crippen LogP contribution in [0.1, 0.15) is 31.2 Å². The molecule has 0 aliphatic heterocycles. The third-order valence-corrected chi connectivity index (χ3v) is 5.12. The van der Waals surface area contributed by atoms with E-state index in [2.05, 4.69) is 40.4 Å². The molecule has 0 spiro atoms. The summed E-state index contributed by atoms with van der Waals surface area (Å²) in [5.41, 5.74) is 7.73. The van der Waals surface area contributed by atoms with E-state index in [0.717, 1.165) is 6.54 Å². The minimum atomic E-state index is 0.221. The van der Waals surface area contributed by atoms with Crippen molar-refractivity contribution in [3.8, 4) is 0 Å². The van der Waals surface area contributed by atoms with Gasteiger partial charge in [-0.25, -0.2) is 0 Å². The highest BCUT2D eigenvalue weighted by atomic mass is 79.9. The lowest BCUT2D eigenvalue weighted by atomic mass is 9.79. The average molecular weight is 300 g/mol. The third-order valence-electron chi connectivity index (χ3n) is 3.68. The number of rotatable bonds is 3. The van der Waals surface area contributed by atoms with Gasteiger partial charge in [-0.05, 0) is 36.8 Å². The summed E-state index contributed by atoms with van der Waals surface area (Å²) in [6, 6.07) is 6.46. The fraction of sp³-hybridized carbons (Fsp3) is 0.538. The van der Waals surface area contributed by atoms with E-state index in [1.54, 1.807) is 0 Å². The van der Waals surface area contributed by atoms with Crippen LogP contribution in [0.3, 0.4) is 0 Å². The quantitative estimate of drug-likeness (QED) is 0.856. The van der Waals surface area contributed by atoms with E-state index >= 15 is 0 Å². The molecule has 1 aliphatic rings. The molecular weight excluding hydrogens is 282 g/mol. The second kappa shape index (κ2) is 5.11. The van der Waals surface area contributed by atoms with Crippen LogP contribution >= 0.6 is 27.7 Å². The van der Waals surface area contributed by atoms with Crippen molar-refractivity contribution in [3.63, 3.8) is 0 Å². The number of thioether (sulfide) groups is 1. The summed E-state index contributed by atoms with van der Waals surface area (Å²) in [5, 5.41) is 0. The molecule has 3 heteroatoms. The van der Waals surface area contributed by atoms with E-state index in [4.69, 9.17) is 5.73 Å². The summed E-state index contributed by atoms with van der Waals surface area (Å²) < 4.78 is 1.23. The summed E-state index contributed by atoms with van der Waals surface area (Å²) in [6.45, 7) is 0.767. The summed E-state index contributed by atoms with van der Waals surface area (Å²) in [7, 11) is 0. The Labute approximate surface area is 110 Å². The van der Waals surface area contributed by atoms with Crippen LogP contribution in [-0.4, -0.2) is 12.8 Å². The van der Waals surface area contributed by atoms with Gasteiger partial charge in [-0.15, -0.1) is 11.8 Å². The Morgan fingerprint density at radius 1 is 1.38 bits per heavy atom. The topological polar surface area (TPSA) is 26.0 Å². The number of hydrogen-bond donors (Lipinski definition) is 1. The van der Waals surface area contributed by atoms with Gasteiger partial charge < -0.3 is 5.73 Å². The molecule has 2 rings (SSSR count). The van der Waals surface area contributed by atoms with Crippen LogP contribution in [-0.2, 0) is 5.41 Å². The Hall–Kier alpha value is 0.01000. The van der Waals surface area contributed by atoms with Crippen molar-refractivity contribution >= 4 is 27.7 Å². The Kier molecular flexibility index (Phi) is 3.98. The molecule has 0 aromatic heterocycles. The molecule has 16 heavy (non-hydrogen) atoms. The zero-order chi connectivity index (χ0) is 11.6. The van der Waals surface area contributed by atoms with Gasteiger partial charge in [-0.3, -0.25) is 0 Å². The molecule has 0 atom stereocenters. The Morgan fingerprint density at radius 3 is 2.62 bits per heavy atom. The molecule has 2 N–H and O–H groups in total. The van der Waals surface area contributed by atoms with Crippen LogP contribution in [0.2, 0.25) is 0 Å². The molecule has 0 radical (unpaired) electrons. The smallest absolute Gasteiger partial charge is 0.0224 e. The fourth-order valence-corrected chi connectivity index (χ4v) is 4.46. The molecule has 0 saturated heterocycles. The minimum absolute atomic E-state index is 0.221. The lowest BCUT2D eigenvalue weighted by Crippen LogP contribution is -2.33. The van der Waals surface area contributed by atoms with Crippen molar-refractivity contribution in [1.29, 1.82) is 0 Å². The normalized spacial score (nSPS) is 18.9. The summed E-state index contributed by atoms with van der Waals surface area (Å²) >= 11 is 5.53. The lowest BCUT2D eigenvalue weighted by molar-refractivity contribution is 0.443. The average Bonchev–Trinajstić information content (AvgIpc) is 2.78. The van der Waals surface area contributed by atoms with E-state index in [1.165, 1.54) is 40.6 Å². The van der Waals surface area contributed by atoms with Gasteiger partial charge in [-0.2, -0.15) is 0 Å². The molecule has 1 aromatic rings. The first-order chi connectivity index (χ1) is 7.73. The largest absolute Gasteiger partial charge is 0.330 e. The first-order valence-corrected chi connectivity index (χ1v) is 7.78. The van der Waals surface area contributed by atoms with Crippen LogP contribution in [0.4, 0.5) is 0 Å². The van der Waals surface area contributed by atoms with Crippen LogP contribution in [0, 0.1) is 0 Å². The fourth-order valence-electron chi connectivity index (χ4n) is 2.80. The van der Waals surface area contributed by atoms with E-state index in [-0.39, 0.29) is 5.41 Å². The van der Waals surface area contributed by atoms with Gasteiger partial charge >= 0.3 is 0 Å². The Morgan fingerprint density at radius 2 is 2.06 bits per heavy atom. The van der Waals surface area contributed by atoms with E-state index in [9.17, 15) is 0 Å². The van der Waals surface area contributed by atoms with Crippen LogP contribution in [0.5, 0.6) is 0 Å². The van der Waals surface area contributed by atoms with Crippen molar-refractivity contribution in [1.82, 2.24) is 0 Å². The highest BCUT2D eigenvalue weighted by Crippen LogP contribution is 2.46. The Bertz CT molecular complexity index is 372. The predicted molar refractivity (Wildman–Crippen MR) is 75.1 cm³/mol. The SMILES string of the molecule is CSc1cccc(Br)c1C1(CN)CCCC1. The molecule has 88 valence electrons. The van der Waals surface area contributed by atoms with Crippen LogP contribution in [0.25, 0.3) is 0 Å². The molecule has 0 bridgehead atoms. The summed E-state index contributed by atoms with van der Waals surface area (Å²) in [6.07, 6.45) is 7.24. The first kappa shape index (κ1) is 12.5. The number of hydrogen-bond acceptors (Lipinski definition) is 2. The van der Waals surface area contributed by atoms with Crippen LogP contribution < -0.4 is 5.73 Å². The summed E-state index contributed by atoms with van der Waals surface area (Å²) in [5.74, 6) is 0. The van der Waals surface area contributed by atoms with Crippen molar-refractivity contribution in [3.05, 3.63) is 28.2 Å². The van der Waals surface area contributed by atoms with E-state index in [1.807, 2.05) is 11.8 Å². The number of halogens is 1. The molecule has 1 saturated carbocycles. The van der Waals surface area contributed by atoms with Crippen molar-refractivity contribution in [2.75, 3.05) is 12.8 Å². The van der Waals surface area contributed by atoms with Gasteiger partial charge in [0.05, 0.1) is 0 Å².